The molecule has 1 aliphatic heterocycles. The summed E-state index contributed by atoms with van der Waals surface area (Å²) in [6.45, 7) is 2.01. The quantitative estimate of drug-likeness (QED) is 0.489. The first-order valence-corrected chi connectivity index (χ1v) is 10.7. The van der Waals surface area contributed by atoms with Gasteiger partial charge in [-0.1, -0.05) is 12.1 Å². The van der Waals surface area contributed by atoms with Crippen LogP contribution in [0.3, 0.4) is 0 Å². The van der Waals surface area contributed by atoms with E-state index in [1.165, 1.54) is 0 Å². The highest BCUT2D eigenvalue weighted by Crippen LogP contribution is 2.29. The Kier molecular flexibility index (Phi) is 5.51. The predicted molar refractivity (Wildman–Crippen MR) is 120 cm³/mol. The molecule has 5 rings (SSSR count). The first-order valence-electron chi connectivity index (χ1n) is 10.7. The van der Waals surface area contributed by atoms with Gasteiger partial charge in [-0.25, -0.2) is 9.50 Å². The summed E-state index contributed by atoms with van der Waals surface area (Å²) in [6.07, 6.45) is 6.51. The Balaban J connectivity index is 1.50. The Morgan fingerprint density at radius 2 is 2.16 bits per heavy atom. The van der Waals surface area contributed by atoms with Gasteiger partial charge >= 0.3 is 0 Å². The SMILES string of the molecule is NC(=O)C(Oc1ccccn1)c1ccn2ncc(-c3cccc(C4CCCNC4)n3)c2c1. The summed E-state index contributed by atoms with van der Waals surface area (Å²) in [5.41, 5.74) is 9.93. The van der Waals surface area contributed by atoms with Crippen LogP contribution in [0.4, 0.5) is 0 Å². The van der Waals surface area contributed by atoms with Crippen LogP contribution < -0.4 is 15.8 Å². The number of hydrogen-bond donors (Lipinski definition) is 2. The lowest BCUT2D eigenvalue weighted by molar-refractivity contribution is -0.125. The molecule has 4 aromatic heterocycles. The second-order valence-corrected chi connectivity index (χ2v) is 7.91. The minimum absolute atomic E-state index is 0.334. The number of aromatic nitrogens is 4. The smallest absolute Gasteiger partial charge is 0.263 e. The molecule has 2 unspecified atom stereocenters. The predicted octanol–water partition coefficient (Wildman–Crippen LogP) is 2.86. The molecule has 8 heteroatoms. The van der Waals surface area contributed by atoms with Gasteiger partial charge in [0.05, 0.1) is 17.4 Å². The Hall–Kier alpha value is -3.78. The Morgan fingerprint density at radius 1 is 1.22 bits per heavy atom. The summed E-state index contributed by atoms with van der Waals surface area (Å²) in [4.78, 5) is 21.3. The fraction of sp³-hybridized carbons (Fsp3) is 0.250. The number of ether oxygens (including phenoxy) is 1. The fourth-order valence-electron chi connectivity index (χ4n) is 4.12. The lowest BCUT2D eigenvalue weighted by atomic mass is 9.95. The van der Waals surface area contributed by atoms with Crippen molar-refractivity contribution in [2.24, 2.45) is 5.73 Å². The molecule has 162 valence electrons. The summed E-state index contributed by atoms with van der Waals surface area (Å²) < 4.78 is 7.55. The van der Waals surface area contributed by atoms with Crippen molar-refractivity contribution in [3.05, 3.63) is 78.4 Å². The standard InChI is InChI=1S/C24H24N6O2/c25-24(31)23(32-22-8-1-2-11-27-22)16-9-12-30-21(13-16)18(15-28-30)20-7-3-6-19(29-20)17-5-4-10-26-14-17/h1-3,6-9,11-13,15,17,23,26H,4-5,10,14H2,(H2,25,31). The van der Waals surface area contributed by atoms with Crippen molar-refractivity contribution in [3.63, 3.8) is 0 Å². The molecule has 3 N–H and O–H groups in total. The van der Waals surface area contributed by atoms with Gasteiger partial charge in [-0.15, -0.1) is 0 Å². The molecule has 5 heterocycles. The average Bonchev–Trinajstić information content (AvgIpc) is 3.27. The van der Waals surface area contributed by atoms with Crippen LogP contribution in [-0.4, -0.2) is 38.6 Å². The second-order valence-electron chi connectivity index (χ2n) is 7.91. The zero-order valence-corrected chi connectivity index (χ0v) is 17.5. The van der Waals surface area contributed by atoms with Crippen LogP contribution >= 0.6 is 0 Å². The maximum absolute atomic E-state index is 12.2. The van der Waals surface area contributed by atoms with Crippen molar-refractivity contribution in [1.29, 1.82) is 0 Å². The van der Waals surface area contributed by atoms with Crippen LogP contribution in [-0.2, 0) is 4.79 Å². The third kappa shape index (κ3) is 4.04. The maximum atomic E-state index is 12.2. The molecule has 0 saturated carbocycles. The first-order chi connectivity index (χ1) is 15.7. The average molecular weight is 428 g/mol. The Labute approximate surface area is 185 Å². The third-order valence-corrected chi connectivity index (χ3v) is 5.74. The second kappa shape index (κ2) is 8.76. The highest BCUT2D eigenvalue weighted by molar-refractivity contribution is 5.83. The topological polar surface area (TPSA) is 107 Å². The van der Waals surface area contributed by atoms with Crippen molar-refractivity contribution in [3.8, 4) is 17.1 Å². The van der Waals surface area contributed by atoms with Crippen LogP contribution in [0.25, 0.3) is 16.8 Å². The largest absolute Gasteiger partial charge is 0.459 e. The van der Waals surface area contributed by atoms with E-state index < -0.39 is 12.0 Å². The lowest BCUT2D eigenvalue weighted by Crippen LogP contribution is -2.28. The van der Waals surface area contributed by atoms with Crippen LogP contribution in [0, 0.1) is 0 Å². The van der Waals surface area contributed by atoms with Gasteiger partial charge in [-0.2, -0.15) is 5.10 Å². The van der Waals surface area contributed by atoms with Crippen LogP contribution in [0.1, 0.15) is 36.1 Å². The molecular formula is C24H24N6O2. The van der Waals surface area contributed by atoms with Gasteiger partial charge in [0.25, 0.3) is 5.91 Å². The molecule has 0 spiro atoms. The van der Waals surface area contributed by atoms with E-state index in [4.69, 9.17) is 15.5 Å². The fourth-order valence-corrected chi connectivity index (χ4v) is 4.12. The maximum Gasteiger partial charge on any atom is 0.263 e. The van der Waals surface area contributed by atoms with Crippen LogP contribution in [0.15, 0.2) is 67.1 Å². The number of fused-ring (bicyclic) bond motifs is 1. The summed E-state index contributed by atoms with van der Waals surface area (Å²) in [5.74, 6) is 0.151. The molecule has 1 fully saturated rings. The normalized spacial score (nSPS) is 17.2. The molecule has 0 radical (unpaired) electrons. The summed E-state index contributed by atoms with van der Waals surface area (Å²) in [7, 11) is 0. The molecular weight excluding hydrogens is 404 g/mol. The van der Waals surface area contributed by atoms with Crippen molar-refractivity contribution in [2.75, 3.05) is 13.1 Å². The van der Waals surface area contributed by atoms with Crippen molar-refractivity contribution >= 4 is 11.4 Å². The monoisotopic (exact) mass is 428 g/mol. The van der Waals surface area contributed by atoms with Crippen molar-refractivity contribution in [2.45, 2.75) is 24.9 Å². The number of piperidine rings is 1. The van der Waals surface area contributed by atoms with Gasteiger partial charge in [0, 0.05) is 47.7 Å². The molecule has 8 nitrogen and oxygen atoms in total. The highest BCUT2D eigenvalue weighted by Gasteiger charge is 2.22. The highest BCUT2D eigenvalue weighted by atomic mass is 16.5. The molecule has 32 heavy (non-hydrogen) atoms. The molecule has 2 atom stereocenters. The van der Waals surface area contributed by atoms with Gasteiger partial charge in [-0.3, -0.25) is 9.78 Å². The van der Waals surface area contributed by atoms with E-state index in [1.807, 2.05) is 18.2 Å². The van der Waals surface area contributed by atoms with E-state index in [0.717, 1.165) is 48.4 Å². The molecule has 1 saturated heterocycles. The van der Waals surface area contributed by atoms with Crippen molar-refractivity contribution < 1.29 is 9.53 Å². The zero-order chi connectivity index (χ0) is 21.9. The van der Waals surface area contributed by atoms with Gasteiger partial charge < -0.3 is 15.8 Å². The van der Waals surface area contributed by atoms with E-state index in [0.29, 0.717) is 17.4 Å². The summed E-state index contributed by atoms with van der Waals surface area (Å²) in [6, 6.07) is 15.0. The minimum Gasteiger partial charge on any atom is -0.459 e. The van der Waals surface area contributed by atoms with E-state index in [9.17, 15) is 4.79 Å². The zero-order valence-electron chi connectivity index (χ0n) is 17.5. The number of primary amides is 1. The minimum atomic E-state index is -0.967. The molecule has 1 amide bonds. The van der Waals surface area contributed by atoms with E-state index in [1.54, 1.807) is 47.4 Å². The molecule has 0 aromatic carbocycles. The number of nitrogens with one attached hydrogen (secondary N) is 1. The number of carbonyl (C=O) groups excluding carboxylic acids is 1. The van der Waals surface area contributed by atoms with E-state index in [2.05, 4.69) is 21.5 Å². The molecule has 4 aromatic rings. The van der Waals surface area contributed by atoms with Gasteiger partial charge in [-0.05, 0) is 49.7 Å². The molecule has 0 aliphatic carbocycles. The first kappa shape index (κ1) is 20.1. The number of pyridine rings is 3. The van der Waals surface area contributed by atoms with Crippen LogP contribution in [0.5, 0.6) is 5.88 Å². The number of nitrogens with two attached hydrogens (primary N) is 1. The number of nitrogens with zero attached hydrogens (tertiary/aromatic N) is 4. The van der Waals surface area contributed by atoms with Gasteiger partial charge in [0.2, 0.25) is 12.0 Å². The Morgan fingerprint density at radius 3 is 2.94 bits per heavy atom. The summed E-state index contributed by atoms with van der Waals surface area (Å²) in [5, 5.41) is 7.91. The van der Waals surface area contributed by atoms with Gasteiger partial charge in [0.15, 0.2) is 0 Å². The van der Waals surface area contributed by atoms with E-state index >= 15 is 0 Å². The van der Waals surface area contributed by atoms with E-state index in [-0.39, 0.29) is 0 Å². The third-order valence-electron chi connectivity index (χ3n) is 5.74. The Bertz CT molecular complexity index is 1230. The lowest BCUT2D eigenvalue weighted by Gasteiger charge is -2.22. The number of amides is 1. The number of carbonyl (C=O) groups is 1. The van der Waals surface area contributed by atoms with Crippen LogP contribution in [0.2, 0.25) is 0 Å². The number of hydrogen-bond acceptors (Lipinski definition) is 6. The van der Waals surface area contributed by atoms with Gasteiger partial charge in [0.1, 0.15) is 0 Å². The summed E-state index contributed by atoms with van der Waals surface area (Å²) >= 11 is 0. The van der Waals surface area contributed by atoms with Crippen molar-refractivity contribution in [1.82, 2.24) is 24.9 Å². The molecule has 1 aliphatic rings. The molecule has 0 bridgehead atoms. The number of rotatable bonds is 6.